The van der Waals surface area contributed by atoms with Gasteiger partial charge in [0.25, 0.3) is 0 Å². The number of hydrogen-bond acceptors (Lipinski definition) is 18. The fourth-order valence-corrected chi connectivity index (χ4v) is 20.5. The van der Waals surface area contributed by atoms with Gasteiger partial charge in [0.05, 0.1) is 68.1 Å². The van der Waals surface area contributed by atoms with Crippen molar-refractivity contribution in [3.05, 3.63) is 158 Å². The van der Waals surface area contributed by atoms with Crippen LogP contribution in [-0.4, -0.2) is 156 Å². The number of alkyl halides is 9. The number of fused-ring (bicyclic) bond motifs is 3. The van der Waals surface area contributed by atoms with Crippen LogP contribution in [0.15, 0.2) is 124 Å². The fourth-order valence-electron chi connectivity index (χ4n) is 13.7. The number of aromatic nitrogens is 9. The number of benzene rings is 3. The van der Waals surface area contributed by atoms with Crippen molar-refractivity contribution >= 4 is 80.4 Å². The highest BCUT2D eigenvalue weighted by molar-refractivity contribution is 7.93. The molecule has 3 aliphatic rings. The Balaban J connectivity index is 0.000000176. The smallest absolute Gasteiger partial charge is 0.429 e. The molecular formula is C74H82F9N9O15S3. The molecule has 594 valence electrons. The molecule has 6 aromatic heterocycles. The minimum absolute atomic E-state index is 0.0205. The van der Waals surface area contributed by atoms with Crippen LogP contribution in [0, 0.1) is 16.2 Å². The molecular weight excluding hydrogens is 1520 g/mol. The molecule has 3 saturated heterocycles. The first-order valence-electron chi connectivity index (χ1n) is 34.9. The third kappa shape index (κ3) is 17.8. The van der Waals surface area contributed by atoms with Gasteiger partial charge < -0.3 is 14.2 Å². The number of carbonyl (C=O) groups excluding carboxylic acids is 3. The number of hydrogen-bond donors (Lipinski definition) is 0. The molecule has 12 rings (SSSR count). The number of pyridine rings is 3. The van der Waals surface area contributed by atoms with Crippen molar-refractivity contribution in [2.45, 2.75) is 170 Å². The zero-order chi connectivity index (χ0) is 81.3. The number of ether oxygens (including phenoxy) is 3. The van der Waals surface area contributed by atoms with Crippen molar-refractivity contribution in [1.29, 1.82) is 0 Å². The number of nitrogens with zero attached hydrogens (tertiary/aromatic N) is 9. The number of ketones is 3. The van der Waals surface area contributed by atoms with Gasteiger partial charge in [-0.25, -0.2) is 81.5 Å². The predicted octanol–water partition coefficient (Wildman–Crippen LogP) is 13.1. The molecule has 3 unspecified atom stereocenters. The average Bonchev–Trinajstić information content (AvgIpc) is 1.60. The van der Waals surface area contributed by atoms with E-state index in [2.05, 4.69) is 29.2 Å². The summed E-state index contributed by atoms with van der Waals surface area (Å²) >= 11 is 0. The lowest BCUT2D eigenvalue weighted by atomic mass is 9.83. The normalized spacial score (nSPS) is 19.5. The first kappa shape index (κ1) is 83.0. The van der Waals surface area contributed by atoms with E-state index in [0.717, 1.165) is 0 Å². The van der Waals surface area contributed by atoms with E-state index in [4.69, 9.17) is 0 Å². The Morgan fingerprint density at radius 2 is 0.673 bits per heavy atom. The van der Waals surface area contributed by atoms with E-state index in [-0.39, 0.29) is 157 Å². The van der Waals surface area contributed by atoms with Crippen LogP contribution in [0.2, 0.25) is 0 Å². The molecule has 9 aromatic rings. The van der Waals surface area contributed by atoms with Gasteiger partial charge in [-0.2, -0.15) is 26.3 Å². The minimum atomic E-state index is -4.06. The highest BCUT2D eigenvalue weighted by Crippen LogP contribution is 2.41. The van der Waals surface area contributed by atoms with Crippen LogP contribution in [0.5, 0.6) is 17.2 Å². The van der Waals surface area contributed by atoms with Gasteiger partial charge in [0.2, 0.25) is 18.5 Å². The average molecular weight is 1600 g/mol. The molecule has 0 spiro atoms. The molecule has 5 atom stereocenters. The van der Waals surface area contributed by atoms with Crippen molar-refractivity contribution in [2.75, 3.05) is 34.5 Å². The molecule has 3 aliphatic heterocycles. The molecule has 0 bridgehead atoms. The van der Waals surface area contributed by atoms with E-state index in [1.807, 2.05) is 0 Å². The summed E-state index contributed by atoms with van der Waals surface area (Å²) in [5, 5.41) is 0. The predicted molar refractivity (Wildman–Crippen MR) is 392 cm³/mol. The van der Waals surface area contributed by atoms with E-state index < -0.39 is 99.7 Å². The summed E-state index contributed by atoms with van der Waals surface area (Å²) in [7, 11) is -9.48. The summed E-state index contributed by atoms with van der Waals surface area (Å²) < 4.78 is 215. The lowest BCUT2D eigenvalue weighted by Crippen LogP contribution is -2.47. The second kappa shape index (κ2) is 30.3. The van der Waals surface area contributed by atoms with E-state index in [1.165, 1.54) is 137 Å². The number of Topliss-reactive ketones (excluding diaryl/α,β-unsaturated/α-hetero) is 3. The Morgan fingerprint density at radius 3 is 0.900 bits per heavy atom. The molecule has 3 aromatic carbocycles. The number of sulfone groups is 3. The Hall–Kier alpha value is -9.45. The molecule has 0 aliphatic carbocycles. The van der Waals surface area contributed by atoms with Gasteiger partial charge in [-0.05, 0) is 141 Å². The monoisotopic (exact) mass is 1600 g/mol. The minimum Gasteiger partial charge on any atom is -0.430 e. The van der Waals surface area contributed by atoms with Crippen LogP contribution < -0.4 is 31.3 Å². The van der Waals surface area contributed by atoms with E-state index in [9.17, 15) is 93.5 Å². The summed E-state index contributed by atoms with van der Waals surface area (Å²) in [6, 6.07) is 19.5. The van der Waals surface area contributed by atoms with Crippen molar-refractivity contribution < 1.29 is 93.4 Å². The van der Waals surface area contributed by atoms with Crippen molar-refractivity contribution in [1.82, 2.24) is 42.4 Å². The van der Waals surface area contributed by atoms with Crippen molar-refractivity contribution in [2.24, 2.45) is 16.2 Å². The standard InChI is InChI=1S/2C25H28F3N3O5S.C24H26F3N3O5S/c2*1-15(2)30-20-10-17(21(32)12-24(4)8-9-37(34,35)14-24)13-29-22(20)31(23(30)33)18-6-5-7-19(11-18)36-25(27,28)16(3)26;1-14(2)29-19-8-16(20(31)10-23(4)12-36(33,34)13-23)11-28-21(19)30(22(29)32)17-6-5-7-18(9-17)35-24(26,27)15(3)25/h2*5-7,10-11,13,15-16H,8-9,12,14H2,1-4H3;5-9,11,14-15H,10,12-13H2,1-4H3/t2*16?,24-;/m10./s1. The lowest BCUT2D eigenvalue weighted by Gasteiger charge is -2.37. The van der Waals surface area contributed by atoms with Gasteiger partial charge in [0, 0.05) is 96.3 Å². The Morgan fingerprint density at radius 1 is 0.418 bits per heavy atom. The maximum absolute atomic E-state index is 13.8. The van der Waals surface area contributed by atoms with Gasteiger partial charge in [-0.1, -0.05) is 39.0 Å². The van der Waals surface area contributed by atoms with Crippen LogP contribution in [-0.2, 0) is 29.5 Å². The first-order chi connectivity index (χ1) is 50.9. The van der Waals surface area contributed by atoms with Crippen LogP contribution in [0.1, 0.15) is 164 Å². The van der Waals surface area contributed by atoms with E-state index in [0.29, 0.717) is 50.2 Å². The summed E-state index contributed by atoms with van der Waals surface area (Å²) in [5.74, 6) is -2.05. The second-order valence-electron chi connectivity index (χ2n) is 30.2. The third-order valence-electron chi connectivity index (χ3n) is 19.1. The SMILES string of the molecule is CC(C)n1c(=O)n(-c2cccc(OC(F)(F)C(C)F)c2)c2ncc(C(=O)CC3(C)CS(=O)(=O)C3)cc21.CC(C)n1c(=O)n(-c2cccc(OC(F)(F)C(C)F)c2)c2ncc(C(=O)C[C@@]3(C)CCS(=O)(=O)C3)cc21.CC(C)n1c(=O)n(-c2cccc(OC(F)(F)C(C)F)c2)c2ncc(C(=O)C[C@]3(C)CCS(=O)(=O)C3)cc21. The second-order valence-corrected chi connectivity index (χ2v) is 36.7. The number of halogens is 9. The summed E-state index contributed by atoms with van der Waals surface area (Å²) in [6.45, 7) is 17.9. The molecule has 9 heterocycles. The van der Waals surface area contributed by atoms with E-state index in [1.54, 1.807) is 62.3 Å². The Labute approximate surface area is 626 Å². The van der Waals surface area contributed by atoms with Crippen molar-refractivity contribution in [3.63, 3.8) is 0 Å². The number of rotatable bonds is 24. The van der Waals surface area contributed by atoms with Crippen LogP contribution >= 0.6 is 0 Å². The van der Waals surface area contributed by atoms with Crippen LogP contribution in [0.4, 0.5) is 39.5 Å². The quantitative estimate of drug-likeness (QED) is 0.0401. The van der Waals surface area contributed by atoms with Gasteiger partial charge >= 0.3 is 35.4 Å². The third-order valence-corrected chi connectivity index (χ3v) is 25.3. The topological polar surface area (TPSA) is 301 Å². The highest BCUT2D eigenvalue weighted by atomic mass is 32.2. The molecule has 0 amide bonds. The Bertz CT molecular complexity index is 5410. The number of imidazole rings is 3. The molecule has 0 radical (unpaired) electrons. The maximum atomic E-state index is 13.8. The number of carbonyl (C=O) groups is 3. The molecule has 0 N–H and O–H groups in total. The molecule has 0 saturated carbocycles. The largest absolute Gasteiger partial charge is 0.430 e. The zero-order valence-electron chi connectivity index (χ0n) is 61.9. The summed E-state index contributed by atoms with van der Waals surface area (Å²) in [4.78, 5) is 92.3. The molecule has 110 heavy (non-hydrogen) atoms. The van der Waals surface area contributed by atoms with Crippen molar-refractivity contribution in [3.8, 4) is 34.3 Å². The van der Waals surface area contributed by atoms with Gasteiger partial charge in [0.1, 0.15) is 17.2 Å². The first-order valence-corrected chi connectivity index (χ1v) is 40.4. The van der Waals surface area contributed by atoms with Gasteiger partial charge in [-0.3, -0.25) is 28.1 Å². The molecule has 24 nitrogen and oxygen atoms in total. The fraction of sp³-hybridized carbons (Fsp3) is 0.473. The summed E-state index contributed by atoms with van der Waals surface area (Å²) in [6.07, 6.45) is -15.0. The summed E-state index contributed by atoms with van der Waals surface area (Å²) in [5.41, 5.74) is -0.715. The van der Waals surface area contributed by atoms with Crippen LogP contribution in [0.3, 0.4) is 0 Å². The lowest BCUT2D eigenvalue weighted by molar-refractivity contribution is -0.215. The zero-order valence-corrected chi connectivity index (χ0v) is 64.4. The Kier molecular flexibility index (Phi) is 22.9. The maximum Gasteiger partial charge on any atom is 0.429 e. The van der Waals surface area contributed by atoms with E-state index >= 15 is 0 Å². The van der Waals surface area contributed by atoms with Crippen LogP contribution in [0.25, 0.3) is 50.6 Å². The van der Waals surface area contributed by atoms with Gasteiger partial charge in [-0.15, -0.1) is 0 Å². The molecule has 36 heteroatoms. The molecule has 3 fully saturated rings. The highest BCUT2D eigenvalue weighted by Gasteiger charge is 2.47. The van der Waals surface area contributed by atoms with Gasteiger partial charge in [0.15, 0.2) is 63.8 Å².